The number of ether oxygens (including phenoxy) is 1. The normalized spacial score (nSPS) is 30.8. The maximum absolute atomic E-state index is 13.1. The first-order valence-electron chi connectivity index (χ1n) is 15.8. The number of carbonyl (C=O) groups is 1. The summed E-state index contributed by atoms with van der Waals surface area (Å²) in [6.07, 6.45) is 8.13. The van der Waals surface area contributed by atoms with Crippen LogP contribution in [0.15, 0.2) is 35.3 Å². The lowest BCUT2D eigenvalue weighted by Crippen LogP contribution is -2.49. The maximum atomic E-state index is 13.1. The first-order chi connectivity index (χ1) is 20.1. The Hall–Kier alpha value is -2.16. The summed E-state index contributed by atoms with van der Waals surface area (Å²) in [5.74, 6) is 3.50. The van der Waals surface area contributed by atoms with Gasteiger partial charge >= 0.3 is 0 Å². The first-order valence-corrected chi connectivity index (χ1v) is 19.1. The minimum atomic E-state index is -1.04. The van der Waals surface area contributed by atoms with Gasteiger partial charge in [0.15, 0.2) is 5.17 Å². The highest BCUT2D eigenvalue weighted by Gasteiger charge is 2.54. The molecule has 8 rings (SSSR count). The molecule has 0 spiro atoms. The number of thioether (sulfide) groups is 1. The summed E-state index contributed by atoms with van der Waals surface area (Å²) >= 11 is 1.53. The van der Waals surface area contributed by atoms with Gasteiger partial charge in [0.2, 0.25) is 0 Å². The highest BCUT2D eigenvalue weighted by molar-refractivity contribution is 8.15. The van der Waals surface area contributed by atoms with Crippen LogP contribution in [0.4, 0.5) is 0 Å². The molecule has 1 radical (unpaired) electrons. The Morgan fingerprint density at radius 3 is 2.29 bits per heavy atom. The van der Waals surface area contributed by atoms with E-state index in [1.807, 2.05) is 12.1 Å². The summed E-state index contributed by atoms with van der Waals surface area (Å²) < 4.78 is 12.5. The maximum Gasteiger partial charge on any atom is 0.274 e. The molecule has 6 nitrogen and oxygen atoms in total. The van der Waals surface area contributed by atoms with Gasteiger partial charge in [-0.1, -0.05) is 44.7 Å². The first kappa shape index (κ1) is 28.6. The van der Waals surface area contributed by atoms with Crippen molar-refractivity contribution in [2.24, 2.45) is 22.7 Å². The van der Waals surface area contributed by atoms with Gasteiger partial charge in [0.1, 0.15) is 11.0 Å². The monoisotopic (exact) mass is 602 g/mol. The Balaban J connectivity index is 1.31. The van der Waals surface area contributed by atoms with Crippen molar-refractivity contribution in [2.45, 2.75) is 88.5 Å². The Morgan fingerprint density at radius 2 is 1.67 bits per heavy atom. The molecule has 1 unspecified atom stereocenters. The standard InChI is InChI=1S/C34H44N3O3SSi/c1-33(2,3)25-10-9-24(29(40-42(4)5)28(25)34-18-21-15-22(19-34)17-23(16-21)20-34)26-7-6-8-27(35-26)30-31(38)36-32(41-30)37-11-13-39-14-12-37/h6-10,21-23,30H,11-20H2,1-5H3. The summed E-state index contributed by atoms with van der Waals surface area (Å²) in [6.45, 7) is 14.4. The molecular weight excluding hydrogens is 559 g/mol. The predicted octanol–water partition coefficient (Wildman–Crippen LogP) is 7.15. The van der Waals surface area contributed by atoms with Crippen molar-refractivity contribution in [3.05, 3.63) is 47.2 Å². The molecule has 1 saturated heterocycles. The van der Waals surface area contributed by atoms with Gasteiger partial charge in [-0.05, 0) is 98.6 Å². The third-order valence-corrected chi connectivity index (χ3v) is 11.9. The molecule has 8 heteroatoms. The van der Waals surface area contributed by atoms with Gasteiger partial charge in [-0.2, -0.15) is 4.99 Å². The van der Waals surface area contributed by atoms with E-state index in [9.17, 15) is 4.79 Å². The van der Waals surface area contributed by atoms with E-state index in [0.717, 1.165) is 58.7 Å². The van der Waals surface area contributed by atoms with Crippen molar-refractivity contribution < 1.29 is 14.0 Å². The van der Waals surface area contributed by atoms with E-state index in [1.165, 1.54) is 61.4 Å². The third-order valence-electron chi connectivity index (χ3n) is 10.1. The van der Waals surface area contributed by atoms with Gasteiger partial charge in [-0.3, -0.25) is 9.78 Å². The fourth-order valence-corrected chi connectivity index (χ4v) is 10.5. The molecule has 4 bridgehead atoms. The van der Waals surface area contributed by atoms with E-state index in [1.54, 1.807) is 0 Å². The number of pyridine rings is 1. The SMILES string of the molecule is C[Si](C)Oc1c(-c2cccc(C3SC(N4CCOCC4)=NC3=O)n2)ccc(C(C)(C)C)c1C12CC3CC(CC(C3)C1)C2. The molecule has 223 valence electrons. The number of hydrogen-bond acceptors (Lipinski definition) is 6. The van der Waals surface area contributed by atoms with Crippen molar-refractivity contribution in [1.29, 1.82) is 0 Å². The Morgan fingerprint density at radius 1 is 1.00 bits per heavy atom. The molecule has 1 atom stereocenters. The van der Waals surface area contributed by atoms with E-state index >= 15 is 0 Å². The van der Waals surface area contributed by atoms with Crippen molar-refractivity contribution in [3.8, 4) is 17.0 Å². The van der Waals surface area contributed by atoms with Crippen LogP contribution in [-0.2, 0) is 20.4 Å². The highest BCUT2D eigenvalue weighted by Crippen LogP contribution is 2.63. The van der Waals surface area contributed by atoms with Crippen molar-refractivity contribution in [1.82, 2.24) is 9.88 Å². The van der Waals surface area contributed by atoms with Gasteiger partial charge in [0.05, 0.1) is 24.6 Å². The predicted molar refractivity (Wildman–Crippen MR) is 171 cm³/mol. The lowest BCUT2D eigenvalue weighted by atomic mass is 9.47. The van der Waals surface area contributed by atoms with E-state index in [0.29, 0.717) is 13.2 Å². The lowest BCUT2D eigenvalue weighted by molar-refractivity contribution is -0.117. The third kappa shape index (κ3) is 5.15. The van der Waals surface area contributed by atoms with Crippen molar-refractivity contribution in [3.63, 3.8) is 0 Å². The van der Waals surface area contributed by atoms with Gasteiger partial charge in [0, 0.05) is 29.6 Å². The Bertz CT molecular complexity index is 1380. The van der Waals surface area contributed by atoms with Crippen LogP contribution >= 0.6 is 11.8 Å². The number of hydrogen-bond donors (Lipinski definition) is 0. The van der Waals surface area contributed by atoms with Crippen molar-refractivity contribution >= 4 is 31.9 Å². The number of amidine groups is 1. The van der Waals surface area contributed by atoms with Gasteiger partial charge in [-0.15, -0.1) is 0 Å². The number of carbonyl (C=O) groups excluding carboxylic acids is 1. The molecule has 4 aliphatic carbocycles. The molecule has 2 aromatic rings. The van der Waals surface area contributed by atoms with Crippen LogP contribution in [0.2, 0.25) is 13.1 Å². The van der Waals surface area contributed by atoms with Gasteiger partial charge in [0.25, 0.3) is 14.9 Å². The minimum absolute atomic E-state index is 0.0130. The topological polar surface area (TPSA) is 64.0 Å². The van der Waals surface area contributed by atoms with E-state index in [4.69, 9.17) is 14.1 Å². The van der Waals surface area contributed by atoms with Crippen LogP contribution < -0.4 is 4.43 Å². The van der Waals surface area contributed by atoms with E-state index in [2.05, 4.69) is 62.0 Å². The summed E-state index contributed by atoms with van der Waals surface area (Å²) in [7, 11) is -1.04. The lowest BCUT2D eigenvalue weighted by Gasteiger charge is -2.58. The zero-order chi connectivity index (χ0) is 29.2. The molecule has 2 aliphatic heterocycles. The van der Waals surface area contributed by atoms with E-state index < -0.39 is 14.3 Å². The molecule has 5 fully saturated rings. The molecule has 3 heterocycles. The number of aliphatic imine (C=N–C) groups is 1. The number of amides is 1. The molecule has 4 saturated carbocycles. The average Bonchev–Trinajstić information content (AvgIpc) is 3.33. The summed E-state index contributed by atoms with van der Waals surface area (Å²) in [6, 6.07) is 10.7. The Kier molecular flexibility index (Phi) is 7.34. The molecular formula is C34H44N3O3SSi. The van der Waals surface area contributed by atoms with E-state index in [-0.39, 0.29) is 16.7 Å². The zero-order valence-corrected chi connectivity index (χ0v) is 27.6. The fraction of sp³-hybridized carbons (Fsp3) is 0.618. The highest BCUT2D eigenvalue weighted by atomic mass is 32.2. The van der Waals surface area contributed by atoms with Crippen LogP contribution in [-0.4, -0.2) is 56.3 Å². The second-order valence-corrected chi connectivity index (χ2v) is 17.7. The number of rotatable bonds is 5. The molecule has 1 amide bonds. The summed E-state index contributed by atoms with van der Waals surface area (Å²) in [5.41, 5.74) is 5.86. The molecule has 0 N–H and O–H groups in total. The molecule has 6 aliphatic rings. The molecule has 1 aromatic carbocycles. The zero-order valence-electron chi connectivity index (χ0n) is 25.7. The second-order valence-electron chi connectivity index (χ2n) is 14.6. The van der Waals surface area contributed by atoms with Crippen molar-refractivity contribution in [2.75, 3.05) is 26.3 Å². The quantitative estimate of drug-likeness (QED) is 0.339. The minimum Gasteiger partial charge on any atom is -0.542 e. The van der Waals surface area contributed by atoms with Crippen LogP contribution in [0.3, 0.4) is 0 Å². The second kappa shape index (κ2) is 10.8. The number of nitrogens with zero attached hydrogens (tertiary/aromatic N) is 3. The molecule has 42 heavy (non-hydrogen) atoms. The number of aromatic nitrogens is 1. The smallest absolute Gasteiger partial charge is 0.274 e. The fourth-order valence-electron chi connectivity index (χ4n) is 8.83. The summed E-state index contributed by atoms with van der Waals surface area (Å²) in [5, 5.41) is 0.382. The van der Waals surface area contributed by atoms with Gasteiger partial charge < -0.3 is 14.1 Å². The summed E-state index contributed by atoms with van der Waals surface area (Å²) in [4.78, 5) is 24.9. The van der Waals surface area contributed by atoms with Gasteiger partial charge in [-0.25, -0.2) is 0 Å². The average molecular weight is 603 g/mol. The van der Waals surface area contributed by atoms with Crippen LogP contribution in [0.25, 0.3) is 11.3 Å². The van der Waals surface area contributed by atoms with Crippen LogP contribution in [0.5, 0.6) is 5.75 Å². The number of morpholine rings is 1. The molecule has 1 aromatic heterocycles. The Labute approximate surface area is 256 Å². The van der Waals surface area contributed by atoms with Crippen LogP contribution in [0, 0.1) is 17.8 Å². The number of benzene rings is 1. The van der Waals surface area contributed by atoms with Crippen LogP contribution in [0.1, 0.15) is 81.4 Å². The largest absolute Gasteiger partial charge is 0.542 e.